The molecule has 1 N–H and O–H groups in total. The van der Waals surface area contributed by atoms with Gasteiger partial charge in [-0.05, 0) is 39.3 Å². The van der Waals surface area contributed by atoms with Gasteiger partial charge in [-0.2, -0.15) is 0 Å². The average Bonchev–Trinajstić information content (AvgIpc) is 2.35. The van der Waals surface area contributed by atoms with E-state index in [9.17, 15) is 14.3 Å². The van der Waals surface area contributed by atoms with Gasteiger partial charge in [-0.3, -0.25) is 14.3 Å². The molecule has 0 fully saturated rings. The van der Waals surface area contributed by atoms with E-state index in [1.54, 1.807) is 24.5 Å². The van der Waals surface area contributed by atoms with Crippen LogP contribution in [0.3, 0.4) is 0 Å². The van der Waals surface area contributed by atoms with Gasteiger partial charge in [0.2, 0.25) is 0 Å². The minimum atomic E-state index is -0.869. The van der Waals surface area contributed by atoms with Gasteiger partial charge in [0.25, 0.3) is 0 Å². The summed E-state index contributed by atoms with van der Waals surface area (Å²) in [5, 5.41) is 14.4. The van der Waals surface area contributed by atoms with Crippen LogP contribution in [0.4, 0.5) is 11.4 Å². The van der Waals surface area contributed by atoms with E-state index in [-0.39, 0.29) is 23.6 Å². The number of nitro benzene ring substituents is 1. The van der Waals surface area contributed by atoms with Crippen LogP contribution in [0.15, 0.2) is 18.2 Å². The van der Waals surface area contributed by atoms with Crippen molar-refractivity contribution in [3.8, 4) is 5.75 Å². The van der Waals surface area contributed by atoms with Crippen molar-refractivity contribution in [2.75, 3.05) is 17.3 Å². The second-order valence-electron chi connectivity index (χ2n) is 5.19. The van der Waals surface area contributed by atoms with Gasteiger partial charge in [-0.15, -0.1) is 0 Å². The van der Waals surface area contributed by atoms with E-state index >= 15 is 0 Å². The highest BCUT2D eigenvalue weighted by Gasteiger charge is 2.22. The zero-order valence-electron chi connectivity index (χ0n) is 12.8. The number of ether oxygens (including phenoxy) is 1. The van der Waals surface area contributed by atoms with E-state index in [1.165, 1.54) is 0 Å². The van der Waals surface area contributed by atoms with E-state index in [4.69, 9.17) is 4.74 Å². The number of hydrogen-bond acceptors (Lipinski definition) is 5. The van der Waals surface area contributed by atoms with Crippen LogP contribution in [0, 0.1) is 10.1 Å². The van der Waals surface area contributed by atoms with Crippen LogP contribution in [0.2, 0.25) is 0 Å². The predicted molar refractivity (Wildman–Crippen MR) is 85.5 cm³/mol. The van der Waals surface area contributed by atoms with Crippen LogP contribution >= 0.6 is 0 Å². The molecule has 0 radical (unpaired) electrons. The molecule has 1 rings (SSSR count). The summed E-state index contributed by atoms with van der Waals surface area (Å²) >= 11 is 0. The number of hydrogen-bond donors (Lipinski definition) is 1. The number of nitro groups is 1. The Hall–Kier alpha value is -1.63. The lowest BCUT2D eigenvalue weighted by Gasteiger charge is -2.17. The van der Waals surface area contributed by atoms with Crippen molar-refractivity contribution in [3.63, 3.8) is 0 Å². The van der Waals surface area contributed by atoms with Gasteiger partial charge in [-0.1, -0.05) is 6.07 Å². The van der Waals surface area contributed by atoms with Crippen LogP contribution in [0.5, 0.6) is 5.75 Å². The summed E-state index contributed by atoms with van der Waals surface area (Å²) in [5.41, 5.74) is 0.364. The van der Waals surface area contributed by atoms with Crippen LogP contribution in [-0.4, -0.2) is 33.3 Å². The SMILES string of the molecule is CC(CCS(C)=O)Nc1cccc(OC(C)C)c1[N+](=O)[O-]. The molecule has 118 valence electrons. The fourth-order valence-electron chi connectivity index (χ4n) is 1.86. The van der Waals surface area contributed by atoms with E-state index in [2.05, 4.69) is 5.32 Å². The third-order valence-electron chi connectivity index (χ3n) is 2.78. The van der Waals surface area contributed by atoms with E-state index in [1.807, 2.05) is 20.8 Å². The highest BCUT2D eigenvalue weighted by Crippen LogP contribution is 2.35. The van der Waals surface area contributed by atoms with Crippen LogP contribution in [0.25, 0.3) is 0 Å². The molecule has 0 heterocycles. The molecule has 1 aromatic carbocycles. The summed E-state index contributed by atoms with van der Waals surface area (Å²) < 4.78 is 16.6. The van der Waals surface area contributed by atoms with Gasteiger partial charge >= 0.3 is 5.69 Å². The highest BCUT2D eigenvalue weighted by molar-refractivity contribution is 7.84. The van der Waals surface area contributed by atoms with E-state index in [0.29, 0.717) is 17.9 Å². The van der Waals surface area contributed by atoms with Gasteiger partial charge in [0.05, 0.1) is 11.0 Å². The van der Waals surface area contributed by atoms with Crippen molar-refractivity contribution in [2.45, 2.75) is 39.3 Å². The lowest BCUT2D eigenvalue weighted by atomic mass is 10.2. The Morgan fingerprint density at radius 2 is 2.05 bits per heavy atom. The number of benzene rings is 1. The maximum atomic E-state index is 11.3. The number of rotatable bonds is 8. The molecule has 6 nitrogen and oxygen atoms in total. The first-order chi connectivity index (χ1) is 9.81. The lowest BCUT2D eigenvalue weighted by molar-refractivity contribution is -0.385. The Bertz CT molecular complexity index is 520. The zero-order chi connectivity index (χ0) is 16.0. The highest BCUT2D eigenvalue weighted by atomic mass is 32.2. The fourth-order valence-corrected chi connectivity index (χ4v) is 2.54. The normalized spacial score (nSPS) is 13.8. The maximum Gasteiger partial charge on any atom is 0.333 e. The van der Waals surface area contributed by atoms with Gasteiger partial charge in [-0.25, -0.2) is 0 Å². The Balaban J connectivity index is 2.95. The Morgan fingerprint density at radius 1 is 1.38 bits per heavy atom. The smallest absolute Gasteiger partial charge is 0.333 e. The first-order valence-corrected chi connectivity index (χ1v) is 8.54. The first-order valence-electron chi connectivity index (χ1n) is 6.82. The molecule has 0 aromatic heterocycles. The third-order valence-corrected chi connectivity index (χ3v) is 3.60. The lowest BCUT2D eigenvalue weighted by Crippen LogP contribution is -2.19. The van der Waals surface area contributed by atoms with E-state index < -0.39 is 15.7 Å². The zero-order valence-corrected chi connectivity index (χ0v) is 13.6. The van der Waals surface area contributed by atoms with Crippen molar-refractivity contribution < 1.29 is 13.9 Å². The minimum absolute atomic E-state index is 0.0121. The summed E-state index contributed by atoms with van der Waals surface area (Å²) in [4.78, 5) is 10.9. The Kier molecular flexibility index (Phi) is 6.61. The monoisotopic (exact) mass is 314 g/mol. The minimum Gasteiger partial charge on any atom is -0.484 e. The second kappa shape index (κ2) is 7.97. The third kappa shape index (κ3) is 5.71. The maximum absolute atomic E-state index is 11.3. The van der Waals surface area contributed by atoms with Gasteiger partial charge < -0.3 is 10.1 Å². The Labute approximate surface area is 127 Å². The summed E-state index contributed by atoms with van der Waals surface area (Å²) in [7, 11) is -0.869. The topological polar surface area (TPSA) is 81.5 Å². The fraction of sp³-hybridized carbons (Fsp3) is 0.571. The molecule has 1 aromatic rings. The average molecular weight is 314 g/mol. The summed E-state index contributed by atoms with van der Waals surface area (Å²) in [6, 6.07) is 4.96. The number of anilines is 1. The molecule has 0 aliphatic heterocycles. The summed E-state index contributed by atoms with van der Waals surface area (Å²) in [6.45, 7) is 5.55. The standard InChI is InChI=1S/C14H22N2O4S/c1-10(2)20-13-7-5-6-12(14(13)16(17)18)15-11(3)8-9-21(4)19/h5-7,10-11,15H,8-9H2,1-4H3. The van der Waals surface area contributed by atoms with Crippen LogP contribution in [0.1, 0.15) is 27.2 Å². The van der Waals surface area contributed by atoms with Crippen LogP contribution < -0.4 is 10.1 Å². The number of nitrogens with zero attached hydrogens (tertiary/aromatic N) is 1. The van der Waals surface area contributed by atoms with Crippen molar-refractivity contribution in [1.29, 1.82) is 0 Å². The van der Waals surface area contributed by atoms with Gasteiger partial charge in [0.15, 0.2) is 5.75 Å². The largest absolute Gasteiger partial charge is 0.484 e. The molecule has 2 unspecified atom stereocenters. The molecular weight excluding hydrogens is 292 g/mol. The molecule has 0 spiro atoms. The van der Waals surface area contributed by atoms with Crippen LogP contribution in [-0.2, 0) is 10.8 Å². The molecule has 21 heavy (non-hydrogen) atoms. The first kappa shape index (κ1) is 17.4. The molecule has 2 atom stereocenters. The summed E-state index contributed by atoms with van der Waals surface area (Å²) in [5.74, 6) is 0.815. The molecule has 0 saturated heterocycles. The van der Waals surface area contributed by atoms with Crippen molar-refractivity contribution >= 4 is 22.2 Å². The quantitative estimate of drug-likeness (QED) is 0.589. The van der Waals surface area contributed by atoms with Gasteiger partial charge in [0, 0.05) is 28.9 Å². The second-order valence-corrected chi connectivity index (χ2v) is 6.74. The summed E-state index contributed by atoms with van der Waals surface area (Å²) in [6.07, 6.45) is 2.18. The Morgan fingerprint density at radius 3 is 2.57 bits per heavy atom. The molecule has 0 saturated carbocycles. The predicted octanol–water partition coefficient (Wildman–Crippen LogP) is 2.95. The number of para-hydroxylation sites is 1. The van der Waals surface area contributed by atoms with E-state index in [0.717, 1.165) is 0 Å². The van der Waals surface area contributed by atoms with Gasteiger partial charge in [0.1, 0.15) is 5.69 Å². The molecular formula is C14H22N2O4S. The van der Waals surface area contributed by atoms with Crippen molar-refractivity contribution in [2.24, 2.45) is 0 Å². The molecule has 7 heteroatoms. The molecule has 0 aliphatic carbocycles. The van der Waals surface area contributed by atoms with Crippen molar-refractivity contribution in [3.05, 3.63) is 28.3 Å². The molecule has 0 aliphatic rings. The molecule has 0 amide bonds. The molecule has 0 bridgehead atoms. The van der Waals surface area contributed by atoms with Crippen molar-refractivity contribution in [1.82, 2.24) is 0 Å². The number of nitrogens with one attached hydrogen (secondary N) is 1.